The first-order valence-corrected chi connectivity index (χ1v) is 19.0. The molecule has 3 heterocycles. The Labute approximate surface area is 324 Å². The first kappa shape index (κ1) is 31.9. The van der Waals surface area contributed by atoms with E-state index in [1.807, 2.05) is 12.1 Å². The Morgan fingerprint density at radius 2 is 0.679 bits per heavy atom. The number of fused-ring (bicyclic) bond motifs is 7. The smallest absolute Gasteiger partial charge is 0.160 e. The van der Waals surface area contributed by atoms with Crippen molar-refractivity contribution in [3.05, 3.63) is 206 Å². The van der Waals surface area contributed by atoms with Crippen molar-refractivity contribution in [2.75, 3.05) is 0 Å². The predicted molar refractivity (Wildman–Crippen MR) is 232 cm³/mol. The molecule has 4 heteroatoms. The van der Waals surface area contributed by atoms with E-state index in [-0.39, 0.29) is 0 Å². The highest BCUT2D eigenvalue weighted by atomic mass is 15.0. The summed E-state index contributed by atoms with van der Waals surface area (Å²) in [5, 5.41) is 5.00. The number of benzene rings is 8. The van der Waals surface area contributed by atoms with Crippen molar-refractivity contribution in [1.29, 1.82) is 0 Å². The molecule has 0 aliphatic rings. The van der Waals surface area contributed by atoms with E-state index in [4.69, 9.17) is 9.97 Å². The van der Waals surface area contributed by atoms with Crippen LogP contribution in [0.15, 0.2) is 206 Å². The van der Waals surface area contributed by atoms with Crippen LogP contribution in [0.25, 0.3) is 100 Å². The van der Waals surface area contributed by atoms with Crippen molar-refractivity contribution in [2.24, 2.45) is 0 Å². The maximum atomic E-state index is 5.16. The third kappa shape index (κ3) is 5.23. The number of hydrogen-bond donors (Lipinski definition) is 0. The maximum absolute atomic E-state index is 5.16. The zero-order valence-corrected chi connectivity index (χ0v) is 30.4. The highest BCUT2D eigenvalue weighted by Crippen LogP contribution is 2.42. The number of rotatable bonds is 6. The van der Waals surface area contributed by atoms with Crippen LogP contribution in [0.4, 0.5) is 0 Å². The van der Waals surface area contributed by atoms with Gasteiger partial charge in [0.25, 0.3) is 0 Å². The molecule has 0 fully saturated rings. The van der Waals surface area contributed by atoms with Gasteiger partial charge in [0, 0.05) is 49.6 Å². The quantitative estimate of drug-likeness (QED) is 0.172. The Kier molecular flexibility index (Phi) is 7.46. The monoisotopic (exact) mass is 714 g/mol. The molecule has 0 spiro atoms. The molecule has 56 heavy (non-hydrogen) atoms. The fourth-order valence-electron chi connectivity index (χ4n) is 8.36. The van der Waals surface area contributed by atoms with Gasteiger partial charge in [-0.05, 0) is 77.9 Å². The van der Waals surface area contributed by atoms with Crippen LogP contribution in [-0.2, 0) is 0 Å². The summed E-state index contributed by atoms with van der Waals surface area (Å²) in [7, 11) is 0. The molecule has 0 amide bonds. The molecule has 0 unspecified atom stereocenters. The summed E-state index contributed by atoms with van der Waals surface area (Å²) in [5.41, 5.74) is 14.2. The Hall–Kier alpha value is -7.56. The molecule has 0 N–H and O–H groups in total. The molecular weight excluding hydrogens is 681 g/mol. The van der Waals surface area contributed by atoms with Crippen molar-refractivity contribution >= 4 is 43.6 Å². The minimum absolute atomic E-state index is 0.692. The second kappa shape index (κ2) is 13.1. The van der Waals surface area contributed by atoms with E-state index in [0.717, 1.165) is 39.5 Å². The minimum atomic E-state index is 0.692. The van der Waals surface area contributed by atoms with E-state index in [9.17, 15) is 0 Å². The van der Waals surface area contributed by atoms with E-state index in [2.05, 4.69) is 203 Å². The molecule has 3 aromatic heterocycles. The number of nitrogens with zero attached hydrogens (tertiary/aromatic N) is 4. The largest absolute Gasteiger partial charge is 0.309 e. The lowest BCUT2D eigenvalue weighted by Gasteiger charge is -2.12. The van der Waals surface area contributed by atoms with Crippen molar-refractivity contribution in [2.45, 2.75) is 0 Å². The van der Waals surface area contributed by atoms with Gasteiger partial charge in [0.15, 0.2) is 5.82 Å². The van der Waals surface area contributed by atoms with Crippen LogP contribution in [-0.4, -0.2) is 19.1 Å². The van der Waals surface area contributed by atoms with Crippen LogP contribution in [0.2, 0.25) is 0 Å². The van der Waals surface area contributed by atoms with Gasteiger partial charge in [0.05, 0.1) is 33.5 Å². The molecule has 0 radical (unpaired) electrons. The third-order valence-corrected chi connectivity index (χ3v) is 11.0. The van der Waals surface area contributed by atoms with E-state index in [1.165, 1.54) is 54.7 Å². The van der Waals surface area contributed by atoms with Crippen molar-refractivity contribution in [1.82, 2.24) is 19.1 Å². The minimum Gasteiger partial charge on any atom is -0.309 e. The Morgan fingerprint density at radius 3 is 1.23 bits per heavy atom. The van der Waals surface area contributed by atoms with Crippen LogP contribution in [0, 0.1) is 0 Å². The van der Waals surface area contributed by atoms with E-state index in [1.54, 1.807) is 0 Å². The van der Waals surface area contributed by atoms with Crippen LogP contribution in [0.1, 0.15) is 0 Å². The van der Waals surface area contributed by atoms with Crippen LogP contribution < -0.4 is 0 Å². The molecule has 11 aromatic rings. The fourth-order valence-corrected chi connectivity index (χ4v) is 8.36. The van der Waals surface area contributed by atoms with Crippen molar-refractivity contribution in [3.63, 3.8) is 0 Å². The second-order valence-corrected chi connectivity index (χ2v) is 14.2. The molecule has 0 bridgehead atoms. The van der Waals surface area contributed by atoms with Gasteiger partial charge >= 0.3 is 0 Å². The molecule has 8 aromatic carbocycles. The summed E-state index contributed by atoms with van der Waals surface area (Å²) in [4.78, 5) is 10.3. The summed E-state index contributed by atoms with van der Waals surface area (Å²) in [6.45, 7) is 0. The first-order valence-electron chi connectivity index (χ1n) is 19.0. The Morgan fingerprint density at radius 1 is 0.286 bits per heavy atom. The fraction of sp³-hybridized carbons (Fsp3) is 0. The van der Waals surface area contributed by atoms with Crippen LogP contribution >= 0.6 is 0 Å². The Balaban J connectivity index is 1.05. The summed E-state index contributed by atoms with van der Waals surface area (Å²) in [5.74, 6) is 0.692. The standard InChI is InChI=1S/C52H34N4/c1-4-14-35(15-5-1)36-24-26-38(27-25-36)45-34-44(37-16-6-2-7-17-37)53-52(54-45)39-28-30-41(31-29-39)56-47-23-13-11-21-43(47)51-49(56)33-32-48-50(51)42-20-10-12-22-46(42)55(48)40-18-8-3-9-19-40/h1-34H. The molecule has 262 valence electrons. The lowest BCUT2D eigenvalue weighted by Crippen LogP contribution is -1.97. The summed E-state index contributed by atoms with van der Waals surface area (Å²) >= 11 is 0. The SMILES string of the molecule is c1ccc(-c2ccc(-c3cc(-c4ccccc4)nc(-c4ccc(-n5c6ccccc6c6c7c8ccccc8n(-c8ccccc8)c7ccc65)cc4)n3)cc2)cc1. The number of hydrogen-bond acceptors (Lipinski definition) is 2. The van der Waals surface area contributed by atoms with Gasteiger partial charge in [-0.1, -0.05) is 140 Å². The van der Waals surface area contributed by atoms with Gasteiger partial charge in [-0.2, -0.15) is 0 Å². The van der Waals surface area contributed by atoms with Crippen LogP contribution in [0.5, 0.6) is 0 Å². The second-order valence-electron chi connectivity index (χ2n) is 14.2. The molecule has 4 nitrogen and oxygen atoms in total. The lowest BCUT2D eigenvalue weighted by atomic mass is 10.0. The lowest BCUT2D eigenvalue weighted by molar-refractivity contribution is 1.16. The van der Waals surface area contributed by atoms with Gasteiger partial charge in [-0.25, -0.2) is 9.97 Å². The normalized spacial score (nSPS) is 11.6. The van der Waals surface area contributed by atoms with E-state index >= 15 is 0 Å². The molecule has 0 saturated carbocycles. The van der Waals surface area contributed by atoms with Gasteiger partial charge in [-0.15, -0.1) is 0 Å². The molecule has 0 atom stereocenters. The maximum Gasteiger partial charge on any atom is 0.160 e. The zero-order valence-electron chi connectivity index (χ0n) is 30.4. The molecule has 11 rings (SSSR count). The van der Waals surface area contributed by atoms with Crippen molar-refractivity contribution in [3.8, 4) is 56.4 Å². The molecule has 0 saturated heterocycles. The summed E-state index contributed by atoms with van der Waals surface area (Å²) in [6.07, 6.45) is 0. The van der Waals surface area contributed by atoms with Crippen LogP contribution in [0.3, 0.4) is 0 Å². The predicted octanol–water partition coefficient (Wildman–Crippen LogP) is 13.3. The Bertz CT molecular complexity index is 3200. The molecule has 0 aliphatic heterocycles. The van der Waals surface area contributed by atoms with Gasteiger partial charge in [0.2, 0.25) is 0 Å². The highest BCUT2D eigenvalue weighted by Gasteiger charge is 2.20. The zero-order chi connectivity index (χ0) is 37.0. The topological polar surface area (TPSA) is 35.6 Å². The van der Waals surface area contributed by atoms with E-state index in [0.29, 0.717) is 5.82 Å². The average molecular weight is 715 g/mol. The highest BCUT2D eigenvalue weighted by molar-refractivity contribution is 6.28. The molecular formula is C52H34N4. The number of aromatic nitrogens is 4. The van der Waals surface area contributed by atoms with Gasteiger partial charge < -0.3 is 9.13 Å². The average Bonchev–Trinajstić information content (AvgIpc) is 3.80. The first-order chi connectivity index (χ1) is 27.8. The van der Waals surface area contributed by atoms with Crippen molar-refractivity contribution < 1.29 is 0 Å². The van der Waals surface area contributed by atoms with Gasteiger partial charge in [-0.3, -0.25) is 0 Å². The third-order valence-electron chi connectivity index (χ3n) is 11.0. The summed E-state index contributed by atoms with van der Waals surface area (Å²) < 4.78 is 4.78. The van der Waals surface area contributed by atoms with E-state index < -0.39 is 0 Å². The molecule has 0 aliphatic carbocycles. The summed E-state index contributed by atoms with van der Waals surface area (Å²) in [6, 6.07) is 73.0. The number of para-hydroxylation sites is 3. The van der Waals surface area contributed by atoms with Gasteiger partial charge in [0.1, 0.15) is 0 Å².